The number of alkyl halides is 2. The molecule has 8 heavy (non-hydrogen) atoms. The zero-order chi connectivity index (χ0) is 6.41. The monoisotopic (exact) mass is 240 g/mol. The summed E-state index contributed by atoms with van der Waals surface area (Å²) in [5, 5.41) is 1.03. The highest BCUT2D eigenvalue weighted by Gasteiger charge is 1.97. The zero-order valence-electron chi connectivity index (χ0n) is 4.74. The molecule has 0 N–H and O–H groups in total. The molecule has 0 rings (SSSR count). The van der Waals surface area contributed by atoms with E-state index >= 15 is 0 Å². The molecule has 0 saturated heterocycles. The summed E-state index contributed by atoms with van der Waals surface area (Å²) in [6.07, 6.45) is 4.22. The van der Waals surface area contributed by atoms with Gasteiger partial charge in [0.1, 0.15) is 0 Å². The second-order valence-electron chi connectivity index (χ2n) is 1.62. The Hall–Kier alpha value is 0.700. The first-order chi connectivity index (χ1) is 3.81. The summed E-state index contributed by atoms with van der Waals surface area (Å²) in [7, 11) is 0. The zero-order valence-corrected chi connectivity index (χ0v) is 7.91. The minimum atomic E-state index is 0.612. The minimum absolute atomic E-state index is 0.612. The maximum atomic E-state index is 3.63. The van der Waals surface area contributed by atoms with Crippen molar-refractivity contribution in [2.24, 2.45) is 0 Å². The van der Waals surface area contributed by atoms with Gasteiger partial charge >= 0.3 is 0 Å². The molecular formula is C6H10Br2. The molecule has 0 amide bonds. The van der Waals surface area contributed by atoms with Crippen molar-refractivity contribution < 1.29 is 0 Å². The fourth-order valence-corrected chi connectivity index (χ4v) is 0.964. The van der Waals surface area contributed by atoms with E-state index in [4.69, 9.17) is 0 Å². The Morgan fingerprint density at radius 2 is 2.25 bits per heavy atom. The molecule has 2 heteroatoms. The van der Waals surface area contributed by atoms with Crippen molar-refractivity contribution in [1.82, 2.24) is 0 Å². The molecule has 1 atom stereocenters. The van der Waals surface area contributed by atoms with Crippen LogP contribution in [0.3, 0.4) is 0 Å². The Kier molecular flexibility index (Phi) is 6.34. The third-order valence-corrected chi connectivity index (χ3v) is 3.28. The highest BCUT2D eigenvalue weighted by Crippen LogP contribution is 2.10. The second-order valence-corrected chi connectivity index (χ2v) is 3.56. The van der Waals surface area contributed by atoms with Crippen LogP contribution in [0, 0.1) is 0 Å². The van der Waals surface area contributed by atoms with E-state index in [-0.39, 0.29) is 0 Å². The standard InChI is InChI=1S/C6H10Br2/c1-2-3-4-6(8)5-7/h2,6H,1,3-5H2. The summed E-state index contributed by atoms with van der Waals surface area (Å²) in [5.74, 6) is 0. The number of hydrogen-bond donors (Lipinski definition) is 0. The average Bonchev–Trinajstić information content (AvgIpc) is 1.83. The highest BCUT2D eigenvalue weighted by atomic mass is 79.9. The van der Waals surface area contributed by atoms with Gasteiger partial charge in [0.15, 0.2) is 0 Å². The predicted molar refractivity (Wildman–Crippen MR) is 45.9 cm³/mol. The molecule has 0 radical (unpaired) electrons. The van der Waals surface area contributed by atoms with Crippen LogP contribution < -0.4 is 0 Å². The number of hydrogen-bond acceptors (Lipinski definition) is 0. The van der Waals surface area contributed by atoms with Crippen LogP contribution >= 0.6 is 31.9 Å². The van der Waals surface area contributed by atoms with Gasteiger partial charge in [0.05, 0.1) is 0 Å². The lowest BCUT2D eigenvalue weighted by molar-refractivity contribution is 0.857. The van der Waals surface area contributed by atoms with Crippen LogP contribution in [0.1, 0.15) is 12.8 Å². The van der Waals surface area contributed by atoms with Gasteiger partial charge < -0.3 is 0 Å². The van der Waals surface area contributed by atoms with Gasteiger partial charge in [0, 0.05) is 10.2 Å². The molecule has 0 aromatic carbocycles. The van der Waals surface area contributed by atoms with Crippen molar-refractivity contribution >= 4 is 31.9 Å². The Balaban J connectivity index is 2.97. The fraction of sp³-hybridized carbons (Fsp3) is 0.667. The third kappa shape index (κ3) is 4.85. The molecule has 1 unspecified atom stereocenters. The van der Waals surface area contributed by atoms with Crippen molar-refractivity contribution in [2.75, 3.05) is 5.33 Å². The summed E-state index contributed by atoms with van der Waals surface area (Å²) in [6.45, 7) is 3.63. The molecule has 0 bridgehead atoms. The summed E-state index contributed by atoms with van der Waals surface area (Å²) in [4.78, 5) is 0.612. The van der Waals surface area contributed by atoms with Gasteiger partial charge in [-0.25, -0.2) is 0 Å². The van der Waals surface area contributed by atoms with E-state index in [1.165, 1.54) is 6.42 Å². The Morgan fingerprint density at radius 3 is 2.62 bits per heavy atom. The van der Waals surface area contributed by atoms with E-state index < -0.39 is 0 Å². The van der Waals surface area contributed by atoms with Gasteiger partial charge in [0.2, 0.25) is 0 Å². The third-order valence-electron chi connectivity index (χ3n) is 0.851. The molecule has 0 aromatic heterocycles. The van der Waals surface area contributed by atoms with Crippen molar-refractivity contribution in [3.63, 3.8) is 0 Å². The lowest BCUT2D eigenvalue weighted by Gasteiger charge is -1.99. The van der Waals surface area contributed by atoms with Crippen molar-refractivity contribution in [1.29, 1.82) is 0 Å². The summed E-state index contributed by atoms with van der Waals surface area (Å²) >= 11 is 6.85. The SMILES string of the molecule is C=CCCC(Br)CBr. The summed E-state index contributed by atoms with van der Waals surface area (Å²) in [5.41, 5.74) is 0. The second kappa shape index (κ2) is 5.83. The molecule has 0 saturated carbocycles. The molecule has 0 aliphatic carbocycles. The van der Waals surface area contributed by atoms with Crippen molar-refractivity contribution in [2.45, 2.75) is 17.7 Å². The molecule has 0 aliphatic heterocycles. The van der Waals surface area contributed by atoms with Crippen LogP contribution in [0.25, 0.3) is 0 Å². The Morgan fingerprint density at radius 1 is 1.62 bits per heavy atom. The van der Waals surface area contributed by atoms with Gasteiger partial charge in [-0.3, -0.25) is 0 Å². The van der Waals surface area contributed by atoms with Crippen LogP contribution in [-0.4, -0.2) is 10.2 Å². The first kappa shape index (κ1) is 8.70. The number of halogens is 2. The van der Waals surface area contributed by atoms with E-state index in [0.29, 0.717) is 4.83 Å². The molecule has 0 aromatic rings. The van der Waals surface area contributed by atoms with Gasteiger partial charge in [-0.1, -0.05) is 37.9 Å². The van der Waals surface area contributed by atoms with Crippen molar-refractivity contribution in [3.05, 3.63) is 12.7 Å². The maximum Gasteiger partial charge on any atom is 0.0245 e. The first-order valence-electron chi connectivity index (χ1n) is 2.62. The first-order valence-corrected chi connectivity index (χ1v) is 4.66. The van der Waals surface area contributed by atoms with Crippen LogP contribution in [0.5, 0.6) is 0 Å². The predicted octanol–water partition coefficient (Wildman–Crippen LogP) is 3.11. The fourth-order valence-electron chi connectivity index (χ4n) is 0.376. The van der Waals surface area contributed by atoms with Gasteiger partial charge in [-0.15, -0.1) is 6.58 Å². The van der Waals surface area contributed by atoms with E-state index in [9.17, 15) is 0 Å². The maximum absolute atomic E-state index is 3.63. The largest absolute Gasteiger partial charge is 0.103 e. The minimum Gasteiger partial charge on any atom is -0.103 e. The Bertz CT molecular complexity index is 61.5. The van der Waals surface area contributed by atoms with Crippen LogP contribution in [0.2, 0.25) is 0 Å². The lowest BCUT2D eigenvalue weighted by atomic mass is 10.2. The molecule has 0 aliphatic rings. The van der Waals surface area contributed by atoms with Crippen LogP contribution in [0.4, 0.5) is 0 Å². The molecule has 0 spiro atoms. The highest BCUT2D eigenvalue weighted by molar-refractivity contribution is 9.12. The molecule has 0 nitrogen and oxygen atoms in total. The number of rotatable bonds is 4. The quantitative estimate of drug-likeness (QED) is 0.524. The molecule has 0 fully saturated rings. The smallest absolute Gasteiger partial charge is 0.0245 e. The van der Waals surface area contributed by atoms with Gasteiger partial charge in [0.25, 0.3) is 0 Å². The topological polar surface area (TPSA) is 0 Å². The van der Waals surface area contributed by atoms with E-state index in [1.807, 2.05) is 6.08 Å². The number of allylic oxidation sites excluding steroid dienone is 1. The van der Waals surface area contributed by atoms with Crippen LogP contribution in [-0.2, 0) is 0 Å². The van der Waals surface area contributed by atoms with E-state index in [1.54, 1.807) is 0 Å². The Labute approximate surface area is 67.6 Å². The van der Waals surface area contributed by atoms with Crippen molar-refractivity contribution in [3.8, 4) is 0 Å². The molecule has 0 heterocycles. The van der Waals surface area contributed by atoms with Gasteiger partial charge in [-0.2, -0.15) is 0 Å². The normalized spacial score (nSPS) is 13.2. The van der Waals surface area contributed by atoms with Gasteiger partial charge in [-0.05, 0) is 12.8 Å². The van der Waals surface area contributed by atoms with Crippen LogP contribution in [0.15, 0.2) is 12.7 Å². The van der Waals surface area contributed by atoms with E-state index in [2.05, 4.69) is 38.4 Å². The molecular weight excluding hydrogens is 232 g/mol. The molecule has 48 valence electrons. The summed E-state index contributed by atoms with van der Waals surface area (Å²) < 4.78 is 0. The van der Waals surface area contributed by atoms with E-state index in [0.717, 1.165) is 11.8 Å². The summed E-state index contributed by atoms with van der Waals surface area (Å²) in [6, 6.07) is 0. The lowest BCUT2D eigenvalue weighted by Crippen LogP contribution is -1.96. The average molecular weight is 242 g/mol.